The first kappa shape index (κ1) is 12.4. The van der Waals surface area contributed by atoms with E-state index in [1.54, 1.807) is 0 Å². The minimum Gasteiger partial charge on any atom is -0.349 e. The molecule has 1 rings (SSSR count). The molecule has 0 saturated heterocycles. The molecule has 0 radical (unpaired) electrons. The summed E-state index contributed by atoms with van der Waals surface area (Å²) in [4.78, 5) is 11.3. The molecular weight excluding hydrogens is 230 g/mol. The maximum absolute atomic E-state index is 11.3. The van der Waals surface area contributed by atoms with Crippen LogP contribution in [-0.2, 0) is 4.79 Å². The van der Waals surface area contributed by atoms with E-state index in [0.717, 1.165) is 5.56 Å². The topological polar surface area (TPSA) is 29.1 Å². The fourth-order valence-corrected chi connectivity index (χ4v) is 1.82. The smallest absolute Gasteiger partial charge is 0.230 e. The summed E-state index contributed by atoms with van der Waals surface area (Å²) in [5.41, 5.74) is 1.02. The van der Waals surface area contributed by atoms with Crippen LogP contribution in [0.1, 0.15) is 18.5 Å². The standard InChI is InChI=1S/C11H14ClNOS/c1-8(13-11(14)7-15-2)9-4-3-5-10(12)6-9/h3-6,8H,7H2,1-2H3,(H,13,14). The van der Waals surface area contributed by atoms with Crippen molar-refractivity contribution >= 4 is 29.3 Å². The van der Waals surface area contributed by atoms with Crippen molar-refractivity contribution in [1.29, 1.82) is 0 Å². The molecule has 0 aliphatic rings. The lowest BCUT2D eigenvalue weighted by molar-refractivity contribution is -0.119. The molecular formula is C11H14ClNOS. The fourth-order valence-electron chi connectivity index (χ4n) is 1.27. The summed E-state index contributed by atoms with van der Waals surface area (Å²) in [5, 5.41) is 3.60. The zero-order chi connectivity index (χ0) is 11.3. The van der Waals surface area contributed by atoms with Gasteiger partial charge in [0.15, 0.2) is 0 Å². The van der Waals surface area contributed by atoms with Crippen molar-refractivity contribution in [1.82, 2.24) is 5.32 Å². The van der Waals surface area contributed by atoms with Crippen LogP contribution in [0.2, 0.25) is 5.02 Å². The Hall–Kier alpha value is -0.670. The van der Waals surface area contributed by atoms with Crippen LogP contribution in [0.4, 0.5) is 0 Å². The number of carbonyl (C=O) groups is 1. The van der Waals surface area contributed by atoms with Gasteiger partial charge in [-0.3, -0.25) is 4.79 Å². The Morgan fingerprint density at radius 3 is 2.93 bits per heavy atom. The number of benzene rings is 1. The number of hydrogen-bond acceptors (Lipinski definition) is 2. The number of nitrogens with one attached hydrogen (secondary N) is 1. The van der Waals surface area contributed by atoms with E-state index in [1.165, 1.54) is 11.8 Å². The lowest BCUT2D eigenvalue weighted by Crippen LogP contribution is -2.28. The highest BCUT2D eigenvalue weighted by Crippen LogP contribution is 2.17. The van der Waals surface area contributed by atoms with Crippen LogP contribution in [0, 0.1) is 0 Å². The molecule has 0 saturated carbocycles. The summed E-state index contributed by atoms with van der Waals surface area (Å²) in [6.45, 7) is 1.95. The second kappa shape index (κ2) is 6.03. The fraction of sp³-hybridized carbons (Fsp3) is 0.364. The molecule has 15 heavy (non-hydrogen) atoms. The van der Waals surface area contributed by atoms with E-state index in [4.69, 9.17) is 11.6 Å². The van der Waals surface area contributed by atoms with E-state index in [0.29, 0.717) is 10.8 Å². The summed E-state index contributed by atoms with van der Waals surface area (Å²) in [6.07, 6.45) is 1.91. The minimum atomic E-state index is 0.00310. The van der Waals surface area contributed by atoms with Crippen LogP contribution >= 0.6 is 23.4 Å². The van der Waals surface area contributed by atoms with Gasteiger partial charge in [0.05, 0.1) is 11.8 Å². The van der Waals surface area contributed by atoms with E-state index in [9.17, 15) is 4.79 Å². The Morgan fingerprint density at radius 2 is 2.33 bits per heavy atom. The van der Waals surface area contributed by atoms with Crippen molar-refractivity contribution in [2.24, 2.45) is 0 Å². The van der Waals surface area contributed by atoms with Gasteiger partial charge in [0, 0.05) is 5.02 Å². The lowest BCUT2D eigenvalue weighted by Gasteiger charge is -2.14. The van der Waals surface area contributed by atoms with Crippen molar-refractivity contribution in [3.63, 3.8) is 0 Å². The highest BCUT2D eigenvalue weighted by Gasteiger charge is 2.08. The van der Waals surface area contributed by atoms with Gasteiger partial charge in [0.25, 0.3) is 0 Å². The molecule has 0 spiro atoms. The summed E-state index contributed by atoms with van der Waals surface area (Å²) in [7, 11) is 0. The zero-order valence-electron chi connectivity index (χ0n) is 8.79. The third kappa shape index (κ3) is 4.14. The van der Waals surface area contributed by atoms with E-state index < -0.39 is 0 Å². The molecule has 1 N–H and O–H groups in total. The van der Waals surface area contributed by atoms with E-state index in [2.05, 4.69) is 5.32 Å². The normalized spacial score (nSPS) is 12.2. The van der Waals surface area contributed by atoms with Gasteiger partial charge in [-0.25, -0.2) is 0 Å². The van der Waals surface area contributed by atoms with Crippen molar-refractivity contribution in [2.45, 2.75) is 13.0 Å². The number of halogens is 1. The molecule has 2 nitrogen and oxygen atoms in total. The maximum Gasteiger partial charge on any atom is 0.230 e. The molecule has 1 unspecified atom stereocenters. The highest BCUT2D eigenvalue weighted by molar-refractivity contribution is 7.99. The predicted octanol–water partition coefficient (Wildman–Crippen LogP) is 2.88. The maximum atomic E-state index is 11.3. The van der Waals surface area contributed by atoms with Crippen LogP contribution in [0.15, 0.2) is 24.3 Å². The SMILES string of the molecule is CSCC(=O)NC(C)c1cccc(Cl)c1. The molecule has 82 valence electrons. The highest BCUT2D eigenvalue weighted by atomic mass is 35.5. The number of hydrogen-bond donors (Lipinski definition) is 1. The average molecular weight is 244 g/mol. The Labute approximate surface area is 99.4 Å². The van der Waals surface area contributed by atoms with Gasteiger partial charge in [-0.1, -0.05) is 23.7 Å². The molecule has 0 aromatic heterocycles. The largest absolute Gasteiger partial charge is 0.349 e. The summed E-state index contributed by atoms with van der Waals surface area (Å²) in [5.74, 6) is 0.542. The second-order valence-corrected chi connectivity index (χ2v) is 4.58. The Morgan fingerprint density at radius 1 is 1.60 bits per heavy atom. The van der Waals surface area contributed by atoms with Gasteiger partial charge < -0.3 is 5.32 Å². The summed E-state index contributed by atoms with van der Waals surface area (Å²) < 4.78 is 0. The van der Waals surface area contributed by atoms with Gasteiger partial charge in [0.2, 0.25) is 5.91 Å². The van der Waals surface area contributed by atoms with Crippen LogP contribution in [-0.4, -0.2) is 17.9 Å². The molecule has 1 amide bonds. The van der Waals surface area contributed by atoms with E-state index >= 15 is 0 Å². The monoisotopic (exact) mass is 243 g/mol. The van der Waals surface area contributed by atoms with Gasteiger partial charge in [0.1, 0.15) is 0 Å². The molecule has 0 heterocycles. The molecule has 0 fully saturated rings. The molecule has 1 atom stereocenters. The minimum absolute atomic E-state index is 0.00310. The van der Waals surface area contributed by atoms with Crippen molar-refractivity contribution in [2.75, 3.05) is 12.0 Å². The molecule has 4 heteroatoms. The summed E-state index contributed by atoms with van der Waals surface area (Å²) >= 11 is 7.38. The van der Waals surface area contributed by atoms with Crippen LogP contribution < -0.4 is 5.32 Å². The van der Waals surface area contributed by atoms with Crippen molar-refractivity contribution < 1.29 is 4.79 Å². The number of amides is 1. The van der Waals surface area contributed by atoms with Gasteiger partial charge in [-0.05, 0) is 30.9 Å². The van der Waals surface area contributed by atoms with E-state index in [-0.39, 0.29) is 11.9 Å². The van der Waals surface area contributed by atoms with Gasteiger partial charge in [-0.2, -0.15) is 11.8 Å². The third-order valence-electron chi connectivity index (χ3n) is 2.00. The molecule has 0 bridgehead atoms. The molecule has 1 aromatic carbocycles. The van der Waals surface area contributed by atoms with Gasteiger partial charge >= 0.3 is 0 Å². The van der Waals surface area contributed by atoms with Crippen molar-refractivity contribution in [3.05, 3.63) is 34.9 Å². The molecule has 0 aliphatic heterocycles. The van der Waals surface area contributed by atoms with E-state index in [1.807, 2.05) is 37.4 Å². The first-order valence-electron chi connectivity index (χ1n) is 4.67. The number of rotatable bonds is 4. The first-order valence-corrected chi connectivity index (χ1v) is 6.44. The number of thioether (sulfide) groups is 1. The Balaban J connectivity index is 2.60. The predicted molar refractivity (Wildman–Crippen MR) is 66.4 cm³/mol. The average Bonchev–Trinajstić information content (AvgIpc) is 2.18. The number of carbonyl (C=O) groups excluding carboxylic acids is 1. The first-order chi connectivity index (χ1) is 7.13. The van der Waals surface area contributed by atoms with Gasteiger partial charge in [-0.15, -0.1) is 0 Å². The van der Waals surface area contributed by atoms with Crippen molar-refractivity contribution in [3.8, 4) is 0 Å². The Bertz CT molecular complexity index is 343. The van der Waals surface area contributed by atoms with Crippen LogP contribution in [0.3, 0.4) is 0 Å². The zero-order valence-corrected chi connectivity index (χ0v) is 10.4. The third-order valence-corrected chi connectivity index (χ3v) is 2.79. The molecule has 1 aromatic rings. The quantitative estimate of drug-likeness (QED) is 0.881. The molecule has 0 aliphatic carbocycles. The Kier molecular flexibility index (Phi) is 4.99. The summed E-state index contributed by atoms with van der Waals surface area (Å²) in [6, 6.07) is 7.53. The second-order valence-electron chi connectivity index (χ2n) is 3.28. The van der Waals surface area contributed by atoms with Crippen LogP contribution in [0.5, 0.6) is 0 Å². The van der Waals surface area contributed by atoms with Crippen LogP contribution in [0.25, 0.3) is 0 Å². The lowest BCUT2D eigenvalue weighted by atomic mass is 10.1.